The van der Waals surface area contributed by atoms with Crippen LogP contribution < -0.4 is 10.6 Å². The third kappa shape index (κ3) is 5.10. The summed E-state index contributed by atoms with van der Waals surface area (Å²) in [5.41, 5.74) is 2.05. The Balaban J connectivity index is 1.48. The number of benzene rings is 1. The van der Waals surface area contributed by atoms with Crippen molar-refractivity contribution in [3.8, 4) is 11.3 Å². The molecule has 2 amide bonds. The van der Waals surface area contributed by atoms with Crippen LogP contribution in [0.5, 0.6) is 0 Å². The van der Waals surface area contributed by atoms with E-state index in [1.54, 1.807) is 11.3 Å². The summed E-state index contributed by atoms with van der Waals surface area (Å²) < 4.78 is 5.46. The first-order valence-electron chi connectivity index (χ1n) is 10.2. The molecular formula is C21H28N4O2S. The topological polar surface area (TPSA) is 66.5 Å². The number of nitrogens with one attached hydrogen (secondary N) is 2. The molecule has 2 heterocycles. The number of amides is 2. The number of morpholine rings is 1. The first kappa shape index (κ1) is 19.4. The van der Waals surface area contributed by atoms with Crippen molar-refractivity contribution in [2.24, 2.45) is 0 Å². The molecule has 0 bridgehead atoms. The van der Waals surface area contributed by atoms with Crippen LogP contribution in [0.1, 0.15) is 37.0 Å². The van der Waals surface area contributed by atoms with Gasteiger partial charge in [0, 0.05) is 36.1 Å². The number of urea groups is 1. The normalized spacial score (nSPS) is 18.7. The average Bonchev–Trinajstić information content (AvgIpc) is 3.12. The number of ether oxygens (including phenoxy) is 1. The molecule has 2 aliphatic rings. The van der Waals surface area contributed by atoms with Gasteiger partial charge < -0.3 is 10.1 Å². The molecule has 1 aliphatic carbocycles. The van der Waals surface area contributed by atoms with Crippen LogP contribution in [-0.2, 0) is 11.3 Å². The summed E-state index contributed by atoms with van der Waals surface area (Å²) in [5, 5.41) is 6.74. The van der Waals surface area contributed by atoms with Crippen LogP contribution in [0.15, 0.2) is 30.3 Å². The Morgan fingerprint density at radius 2 is 1.89 bits per heavy atom. The van der Waals surface area contributed by atoms with Gasteiger partial charge in [0.2, 0.25) is 0 Å². The summed E-state index contributed by atoms with van der Waals surface area (Å²) in [4.78, 5) is 20.8. The lowest BCUT2D eigenvalue weighted by Gasteiger charge is -2.26. The molecule has 2 N–H and O–H groups in total. The molecule has 1 aromatic heterocycles. The third-order valence-corrected chi connectivity index (χ3v) is 6.33. The van der Waals surface area contributed by atoms with E-state index in [9.17, 15) is 4.79 Å². The Hall–Kier alpha value is -1.96. The van der Waals surface area contributed by atoms with Crippen molar-refractivity contribution >= 4 is 22.5 Å². The molecule has 150 valence electrons. The second-order valence-corrected chi connectivity index (χ2v) is 8.56. The van der Waals surface area contributed by atoms with Crippen LogP contribution in [0.2, 0.25) is 0 Å². The van der Waals surface area contributed by atoms with Crippen molar-refractivity contribution in [2.45, 2.75) is 44.7 Å². The van der Waals surface area contributed by atoms with E-state index < -0.39 is 0 Å². The van der Waals surface area contributed by atoms with Crippen molar-refractivity contribution in [1.29, 1.82) is 0 Å². The molecule has 1 saturated carbocycles. The van der Waals surface area contributed by atoms with Gasteiger partial charge in [-0.1, -0.05) is 60.9 Å². The minimum atomic E-state index is -0.141. The average molecular weight is 401 g/mol. The maximum absolute atomic E-state index is 12.4. The summed E-state index contributed by atoms with van der Waals surface area (Å²) in [7, 11) is 0. The molecule has 1 aliphatic heterocycles. The molecule has 0 radical (unpaired) electrons. The molecule has 1 aromatic carbocycles. The zero-order valence-electron chi connectivity index (χ0n) is 16.2. The molecule has 7 heteroatoms. The minimum Gasteiger partial charge on any atom is -0.379 e. The number of thiazole rings is 1. The van der Waals surface area contributed by atoms with E-state index >= 15 is 0 Å². The Kier molecular flexibility index (Phi) is 6.57. The maximum Gasteiger partial charge on any atom is 0.321 e. The second kappa shape index (κ2) is 9.49. The summed E-state index contributed by atoms with van der Waals surface area (Å²) >= 11 is 1.57. The van der Waals surface area contributed by atoms with Crippen LogP contribution in [0, 0.1) is 0 Å². The molecule has 0 atom stereocenters. The van der Waals surface area contributed by atoms with Gasteiger partial charge in [-0.15, -0.1) is 0 Å². The highest BCUT2D eigenvalue weighted by atomic mass is 32.1. The highest BCUT2D eigenvalue weighted by Gasteiger charge is 2.20. The van der Waals surface area contributed by atoms with Crippen LogP contribution in [0.3, 0.4) is 0 Å². The Labute approximate surface area is 170 Å². The fraction of sp³-hybridized carbons (Fsp3) is 0.524. The van der Waals surface area contributed by atoms with E-state index in [0.29, 0.717) is 5.13 Å². The third-order valence-electron chi connectivity index (χ3n) is 5.38. The van der Waals surface area contributed by atoms with Crippen molar-refractivity contribution in [3.05, 3.63) is 35.2 Å². The summed E-state index contributed by atoms with van der Waals surface area (Å²) in [6.07, 6.45) is 5.82. The second-order valence-electron chi connectivity index (χ2n) is 7.48. The van der Waals surface area contributed by atoms with Crippen molar-refractivity contribution < 1.29 is 9.53 Å². The largest absolute Gasteiger partial charge is 0.379 e. The number of nitrogens with zero attached hydrogens (tertiary/aromatic N) is 2. The number of rotatable bonds is 5. The van der Waals surface area contributed by atoms with Gasteiger partial charge in [0.25, 0.3) is 0 Å². The van der Waals surface area contributed by atoms with Gasteiger partial charge in [0.05, 0.1) is 18.9 Å². The molecular weight excluding hydrogens is 372 g/mol. The summed E-state index contributed by atoms with van der Waals surface area (Å²) in [6, 6.07) is 10.3. The molecule has 0 unspecified atom stereocenters. The molecule has 0 spiro atoms. The van der Waals surface area contributed by atoms with E-state index in [4.69, 9.17) is 9.72 Å². The summed E-state index contributed by atoms with van der Waals surface area (Å²) in [5.74, 6) is 0. The number of hydrogen-bond acceptors (Lipinski definition) is 5. The van der Waals surface area contributed by atoms with Gasteiger partial charge in [0.15, 0.2) is 5.13 Å². The highest BCUT2D eigenvalue weighted by molar-refractivity contribution is 7.16. The van der Waals surface area contributed by atoms with E-state index in [1.165, 1.54) is 24.1 Å². The molecule has 1 saturated heterocycles. The van der Waals surface area contributed by atoms with E-state index in [0.717, 1.165) is 56.9 Å². The zero-order valence-corrected chi connectivity index (χ0v) is 17.0. The monoisotopic (exact) mass is 400 g/mol. The standard InChI is InChI=1S/C21H28N4O2S/c26-20(22-17-9-5-2-6-10-17)24-21-23-19(16-7-3-1-4-8-16)18(28-21)15-25-11-13-27-14-12-25/h1,3-4,7-8,17H,2,5-6,9-15H2,(H2,22,23,24,26). The SMILES string of the molecule is O=C(Nc1nc(-c2ccccc2)c(CN2CCOCC2)s1)NC1CCCCC1. The minimum absolute atomic E-state index is 0.141. The predicted octanol–water partition coefficient (Wildman–Crippen LogP) is 4.10. The lowest BCUT2D eigenvalue weighted by molar-refractivity contribution is 0.0347. The van der Waals surface area contributed by atoms with Crippen LogP contribution >= 0.6 is 11.3 Å². The van der Waals surface area contributed by atoms with E-state index in [1.807, 2.05) is 18.2 Å². The van der Waals surface area contributed by atoms with Gasteiger partial charge >= 0.3 is 6.03 Å². The fourth-order valence-corrected chi connectivity index (χ4v) is 4.88. The zero-order chi connectivity index (χ0) is 19.2. The number of anilines is 1. The van der Waals surface area contributed by atoms with Crippen molar-refractivity contribution in [2.75, 3.05) is 31.6 Å². The maximum atomic E-state index is 12.4. The van der Waals surface area contributed by atoms with Gasteiger partial charge in [-0.05, 0) is 12.8 Å². The highest BCUT2D eigenvalue weighted by Crippen LogP contribution is 2.32. The van der Waals surface area contributed by atoms with Gasteiger partial charge in [-0.2, -0.15) is 0 Å². The number of carbonyl (C=O) groups is 1. The lowest BCUT2D eigenvalue weighted by Crippen LogP contribution is -2.38. The van der Waals surface area contributed by atoms with E-state index in [2.05, 4.69) is 27.7 Å². The Morgan fingerprint density at radius 3 is 2.64 bits per heavy atom. The first-order valence-corrected chi connectivity index (χ1v) is 11.0. The van der Waals surface area contributed by atoms with Crippen molar-refractivity contribution in [3.63, 3.8) is 0 Å². The van der Waals surface area contributed by atoms with Crippen LogP contribution in [0.4, 0.5) is 9.93 Å². The molecule has 4 rings (SSSR count). The van der Waals surface area contributed by atoms with E-state index in [-0.39, 0.29) is 12.1 Å². The number of hydrogen-bond donors (Lipinski definition) is 2. The van der Waals surface area contributed by atoms with Crippen molar-refractivity contribution in [1.82, 2.24) is 15.2 Å². The van der Waals surface area contributed by atoms with Crippen LogP contribution in [0.25, 0.3) is 11.3 Å². The molecule has 2 aromatic rings. The quantitative estimate of drug-likeness (QED) is 0.793. The fourth-order valence-electron chi connectivity index (χ4n) is 3.86. The Morgan fingerprint density at radius 1 is 1.14 bits per heavy atom. The predicted molar refractivity (Wildman–Crippen MR) is 113 cm³/mol. The molecule has 28 heavy (non-hydrogen) atoms. The molecule has 6 nitrogen and oxygen atoms in total. The van der Waals surface area contributed by atoms with Gasteiger partial charge in [-0.25, -0.2) is 9.78 Å². The number of carbonyl (C=O) groups excluding carboxylic acids is 1. The number of aromatic nitrogens is 1. The van der Waals surface area contributed by atoms with Crippen LogP contribution in [-0.4, -0.2) is 48.3 Å². The first-order chi connectivity index (χ1) is 13.8. The Bertz CT molecular complexity index is 768. The summed E-state index contributed by atoms with van der Waals surface area (Å²) in [6.45, 7) is 4.23. The smallest absolute Gasteiger partial charge is 0.321 e. The lowest BCUT2D eigenvalue weighted by atomic mass is 9.96. The van der Waals surface area contributed by atoms with Gasteiger partial charge in [0.1, 0.15) is 0 Å². The van der Waals surface area contributed by atoms with Gasteiger partial charge in [-0.3, -0.25) is 10.2 Å². The molecule has 2 fully saturated rings.